The van der Waals surface area contributed by atoms with Crippen molar-refractivity contribution in [2.75, 3.05) is 40.3 Å². The van der Waals surface area contributed by atoms with Crippen LogP contribution >= 0.6 is 0 Å². The van der Waals surface area contributed by atoms with Crippen molar-refractivity contribution >= 4 is 17.7 Å². The van der Waals surface area contributed by atoms with E-state index in [4.69, 9.17) is 0 Å². The maximum atomic E-state index is 13.1. The van der Waals surface area contributed by atoms with E-state index in [9.17, 15) is 14.4 Å². The Labute approximate surface area is 177 Å². The van der Waals surface area contributed by atoms with E-state index in [2.05, 4.69) is 15.3 Å². The van der Waals surface area contributed by atoms with Crippen molar-refractivity contribution in [3.63, 3.8) is 0 Å². The molecule has 1 aromatic rings. The van der Waals surface area contributed by atoms with Gasteiger partial charge in [-0.3, -0.25) is 19.1 Å². The molecule has 0 unspecified atom stereocenters. The number of hydrogen-bond acceptors (Lipinski definition) is 5. The van der Waals surface area contributed by atoms with Gasteiger partial charge in [0.2, 0.25) is 5.91 Å². The van der Waals surface area contributed by atoms with E-state index in [1.807, 2.05) is 7.05 Å². The van der Waals surface area contributed by atoms with Gasteiger partial charge in [0.15, 0.2) is 5.69 Å². The van der Waals surface area contributed by atoms with E-state index < -0.39 is 5.54 Å². The van der Waals surface area contributed by atoms with Crippen molar-refractivity contribution in [2.45, 2.75) is 57.2 Å². The lowest BCUT2D eigenvalue weighted by Gasteiger charge is -2.41. The summed E-state index contributed by atoms with van der Waals surface area (Å²) in [4.78, 5) is 44.5. The fourth-order valence-electron chi connectivity index (χ4n) is 4.59. The lowest BCUT2D eigenvalue weighted by molar-refractivity contribution is -0.133. The highest BCUT2D eigenvalue weighted by Crippen LogP contribution is 2.27. The van der Waals surface area contributed by atoms with Crippen molar-refractivity contribution in [3.05, 3.63) is 17.5 Å². The number of aromatic nitrogens is 2. The maximum Gasteiger partial charge on any atom is 0.274 e. The van der Waals surface area contributed by atoms with Crippen LogP contribution in [0.4, 0.5) is 0 Å². The molecular weight excluding hydrogens is 384 g/mol. The van der Waals surface area contributed by atoms with Crippen LogP contribution in [0.15, 0.2) is 6.07 Å². The molecule has 0 aromatic carbocycles. The van der Waals surface area contributed by atoms with Crippen LogP contribution in [0.25, 0.3) is 0 Å². The van der Waals surface area contributed by atoms with E-state index in [-0.39, 0.29) is 36.0 Å². The number of carbonyl (C=O) groups excluding carboxylic acids is 3. The molecule has 0 bridgehead atoms. The number of amides is 3. The fourth-order valence-corrected chi connectivity index (χ4v) is 4.59. The number of hydrogen-bond donors (Lipinski definition) is 1. The Morgan fingerprint density at radius 2 is 1.77 bits per heavy atom. The molecule has 1 aromatic heterocycles. The van der Waals surface area contributed by atoms with Gasteiger partial charge >= 0.3 is 0 Å². The Morgan fingerprint density at radius 3 is 2.43 bits per heavy atom. The van der Waals surface area contributed by atoms with Crippen molar-refractivity contribution in [1.82, 2.24) is 29.8 Å². The van der Waals surface area contributed by atoms with Gasteiger partial charge in [0.1, 0.15) is 11.2 Å². The zero-order valence-electron chi connectivity index (χ0n) is 18.2. The molecule has 1 saturated carbocycles. The lowest BCUT2D eigenvalue weighted by Crippen LogP contribution is -2.63. The van der Waals surface area contributed by atoms with Gasteiger partial charge in [0.05, 0.1) is 6.54 Å². The van der Waals surface area contributed by atoms with Crippen molar-refractivity contribution < 1.29 is 14.4 Å². The van der Waals surface area contributed by atoms with Crippen LogP contribution in [0, 0.1) is 0 Å². The number of carbonyl (C=O) groups is 3. The molecule has 2 aliphatic heterocycles. The summed E-state index contributed by atoms with van der Waals surface area (Å²) in [5.41, 5.74) is -0.409. The summed E-state index contributed by atoms with van der Waals surface area (Å²) in [6.07, 6.45) is 5.42. The third kappa shape index (κ3) is 3.71. The summed E-state index contributed by atoms with van der Waals surface area (Å²) >= 11 is 0. The Morgan fingerprint density at radius 1 is 1.10 bits per heavy atom. The van der Waals surface area contributed by atoms with Gasteiger partial charge in [-0.15, -0.1) is 0 Å². The molecule has 0 radical (unpaired) electrons. The number of likely N-dealkylation sites (N-methyl/N-ethyl adjacent to an activating group) is 2. The molecule has 1 atom stereocenters. The smallest absolute Gasteiger partial charge is 0.274 e. The quantitative estimate of drug-likeness (QED) is 0.778. The molecule has 9 heteroatoms. The van der Waals surface area contributed by atoms with Crippen LogP contribution in [0.5, 0.6) is 0 Å². The van der Waals surface area contributed by atoms with Crippen LogP contribution in [-0.2, 0) is 11.3 Å². The molecule has 3 amide bonds. The first-order chi connectivity index (χ1) is 14.3. The molecule has 3 aliphatic rings. The first-order valence-electron chi connectivity index (χ1n) is 10.9. The van der Waals surface area contributed by atoms with Crippen molar-refractivity contribution in [1.29, 1.82) is 0 Å². The van der Waals surface area contributed by atoms with E-state index in [1.165, 1.54) is 16.0 Å². The predicted octanol–water partition coefficient (Wildman–Crippen LogP) is 0.564. The highest BCUT2D eigenvalue weighted by molar-refractivity contribution is 6.01. The van der Waals surface area contributed by atoms with Crippen LogP contribution in [0.2, 0.25) is 0 Å². The molecular formula is C21H32N6O3. The Hall–Kier alpha value is -2.42. The average molecular weight is 417 g/mol. The number of piperazine rings is 1. The van der Waals surface area contributed by atoms with Crippen molar-refractivity contribution in [2.24, 2.45) is 0 Å². The number of fused-ring (bicyclic) bond motifs is 1. The summed E-state index contributed by atoms with van der Waals surface area (Å²) in [6.45, 7) is 4.94. The van der Waals surface area contributed by atoms with Gasteiger partial charge < -0.3 is 20.0 Å². The molecule has 164 valence electrons. The molecule has 9 nitrogen and oxygen atoms in total. The largest absolute Gasteiger partial charge is 0.351 e. The predicted molar refractivity (Wildman–Crippen MR) is 111 cm³/mol. The first-order valence-corrected chi connectivity index (χ1v) is 10.9. The molecule has 2 fully saturated rings. The Kier molecular flexibility index (Phi) is 5.57. The van der Waals surface area contributed by atoms with E-state index in [1.54, 1.807) is 24.9 Å². The van der Waals surface area contributed by atoms with Gasteiger partial charge in [-0.2, -0.15) is 5.10 Å². The summed E-state index contributed by atoms with van der Waals surface area (Å²) in [5.74, 6) is -0.598. The number of rotatable bonds is 3. The standard InChI is InChI=1S/C21H32N6O3/c1-21(20(30)22-15-7-5-4-6-8-15)14-27-17(19(29)25(21)3)13-16(23-27)18(28)26-11-9-24(2)10-12-26/h13,15H,4-12,14H2,1-3H3,(H,22,30)/t21-/m0/s1. The number of nitrogens with one attached hydrogen (secondary N) is 1. The van der Waals surface area contributed by atoms with Gasteiger partial charge in [-0.25, -0.2) is 0 Å². The van der Waals surface area contributed by atoms with E-state index in [0.29, 0.717) is 18.8 Å². The topological polar surface area (TPSA) is 90.8 Å². The Bertz CT molecular complexity index is 838. The molecule has 1 N–H and O–H groups in total. The summed E-state index contributed by atoms with van der Waals surface area (Å²) in [6, 6.07) is 1.73. The minimum atomic E-state index is -1.04. The van der Waals surface area contributed by atoms with Crippen molar-refractivity contribution in [3.8, 4) is 0 Å². The first kappa shape index (κ1) is 20.8. The highest BCUT2D eigenvalue weighted by atomic mass is 16.2. The van der Waals surface area contributed by atoms with Crippen LogP contribution in [0.3, 0.4) is 0 Å². The molecule has 3 heterocycles. The monoisotopic (exact) mass is 416 g/mol. The summed E-state index contributed by atoms with van der Waals surface area (Å²) in [7, 11) is 3.69. The molecule has 1 aliphatic carbocycles. The molecule has 0 spiro atoms. The fraction of sp³-hybridized carbons (Fsp3) is 0.714. The van der Waals surface area contributed by atoms with Gasteiger partial charge in [0.25, 0.3) is 11.8 Å². The number of nitrogens with zero attached hydrogens (tertiary/aromatic N) is 5. The minimum Gasteiger partial charge on any atom is -0.351 e. The van der Waals surface area contributed by atoms with E-state index in [0.717, 1.165) is 38.8 Å². The van der Waals surface area contributed by atoms with Gasteiger partial charge in [-0.1, -0.05) is 19.3 Å². The zero-order valence-corrected chi connectivity index (χ0v) is 18.2. The summed E-state index contributed by atoms with van der Waals surface area (Å²) < 4.78 is 1.53. The van der Waals surface area contributed by atoms with Gasteiger partial charge in [-0.05, 0) is 26.8 Å². The SMILES string of the molecule is CN1CCN(C(=O)c2cc3n(n2)C[C@@](C)(C(=O)NC2CCCCC2)N(C)C3=O)CC1. The summed E-state index contributed by atoms with van der Waals surface area (Å²) in [5, 5.41) is 7.58. The zero-order chi connectivity index (χ0) is 21.5. The van der Waals surface area contributed by atoms with Crippen LogP contribution in [-0.4, -0.2) is 94.1 Å². The normalized spacial score (nSPS) is 25.9. The highest BCUT2D eigenvalue weighted by Gasteiger charge is 2.47. The van der Waals surface area contributed by atoms with Gasteiger partial charge in [0, 0.05) is 45.3 Å². The molecule has 1 saturated heterocycles. The molecule has 4 rings (SSSR count). The minimum absolute atomic E-state index is 0.154. The average Bonchev–Trinajstić information content (AvgIpc) is 3.16. The van der Waals surface area contributed by atoms with Crippen LogP contribution in [0.1, 0.15) is 60.0 Å². The third-order valence-corrected chi connectivity index (χ3v) is 6.94. The second-order valence-corrected chi connectivity index (χ2v) is 9.11. The molecule has 30 heavy (non-hydrogen) atoms. The third-order valence-electron chi connectivity index (χ3n) is 6.94. The maximum absolute atomic E-state index is 13.1. The lowest BCUT2D eigenvalue weighted by atomic mass is 9.92. The van der Waals surface area contributed by atoms with Crippen LogP contribution < -0.4 is 5.32 Å². The Balaban J connectivity index is 1.52. The second-order valence-electron chi connectivity index (χ2n) is 9.11. The second kappa shape index (κ2) is 8.02. The van der Waals surface area contributed by atoms with E-state index >= 15 is 0 Å².